The maximum atomic E-state index is 10.8. The molecule has 0 heterocycles. The molecule has 0 radical (unpaired) electrons. The number of nitrogens with zero attached hydrogens (tertiary/aromatic N) is 1. The Bertz CT molecular complexity index is 345. The summed E-state index contributed by atoms with van der Waals surface area (Å²) in [7, 11) is -1.73. The van der Waals surface area contributed by atoms with Crippen molar-refractivity contribution >= 4 is 8.32 Å². The third-order valence-electron chi connectivity index (χ3n) is 4.17. The van der Waals surface area contributed by atoms with E-state index in [2.05, 4.69) is 33.9 Å². The summed E-state index contributed by atoms with van der Waals surface area (Å²) in [6.07, 6.45) is 4.12. The highest BCUT2D eigenvalue weighted by molar-refractivity contribution is 6.74. The predicted molar refractivity (Wildman–Crippen MR) is 75.6 cm³/mol. The van der Waals surface area contributed by atoms with Gasteiger partial charge in [-0.3, -0.25) is 10.1 Å². The molecule has 1 aliphatic rings. The lowest BCUT2D eigenvalue weighted by molar-refractivity contribution is -0.430. The molecule has 0 amide bonds. The van der Waals surface area contributed by atoms with Crippen LogP contribution in [0, 0.1) is 16.0 Å². The zero-order valence-electron chi connectivity index (χ0n) is 12.2. The summed E-state index contributed by atoms with van der Waals surface area (Å²) in [5, 5.41) is 11.0. The fraction of sp³-hybridized carbons (Fsp3) is 0.846. The second kappa shape index (κ2) is 5.53. The van der Waals surface area contributed by atoms with Crippen LogP contribution in [-0.4, -0.2) is 19.8 Å². The van der Waals surface area contributed by atoms with Crippen molar-refractivity contribution in [1.82, 2.24) is 0 Å². The number of hydrogen-bond acceptors (Lipinski definition) is 3. The Balaban J connectivity index is 2.51. The van der Waals surface area contributed by atoms with E-state index in [4.69, 9.17) is 4.43 Å². The van der Waals surface area contributed by atoms with E-state index in [1.807, 2.05) is 0 Å². The standard InChI is InChI=1S/C13H25NO3Si/c1-13(2,3)18(4,5)17-10-11-7-6-8-12(9-11)14(15)16/h8,11H,6-7,9-10H2,1-5H3/t11-/m1/s1. The minimum absolute atomic E-state index is 0.198. The average molecular weight is 271 g/mol. The van der Waals surface area contributed by atoms with Crippen LogP contribution in [0.1, 0.15) is 40.0 Å². The van der Waals surface area contributed by atoms with Gasteiger partial charge in [0, 0.05) is 13.0 Å². The van der Waals surface area contributed by atoms with E-state index in [1.54, 1.807) is 6.08 Å². The largest absolute Gasteiger partial charge is 0.417 e. The number of hydrogen-bond donors (Lipinski definition) is 0. The average Bonchev–Trinajstić information content (AvgIpc) is 2.25. The molecule has 104 valence electrons. The van der Waals surface area contributed by atoms with Crippen LogP contribution in [0.4, 0.5) is 0 Å². The van der Waals surface area contributed by atoms with Gasteiger partial charge in [0.05, 0.1) is 4.92 Å². The van der Waals surface area contributed by atoms with Crippen LogP contribution in [0.15, 0.2) is 11.8 Å². The van der Waals surface area contributed by atoms with E-state index in [9.17, 15) is 10.1 Å². The van der Waals surface area contributed by atoms with Crippen molar-refractivity contribution in [1.29, 1.82) is 0 Å². The normalized spacial score (nSPS) is 21.6. The van der Waals surface area contributed by atoms with Crippen molar-refractivity contribution < 1.29 is 9.35 Å². The zero-order valence-corrected chi connectivity index (χ0v) is 13.2. The molecule has 0 saturated carbocycles. The summed E-state index contributed by atoms with van der Waals surface area (Å²) < 4.78 is 6.15. The van der Waals surface area contributed by atoms with Gasteiger partial charge in [0.25, 0.3) is 0 Å². The number of nitro groups is 1. The highest BCUT2D eigenvalue weighted by Gasteiger charge is 2.38. The van der Waals surface area contributed by atoms with Crippen molar-refractivity contribution in [3.63, 3.8) is 0 Å². The minimum atomic E-state index is -1.73. The Hall–Kier alpha value is -0.683. The Morgan fingerprint density at radius 3 is 2.61 bits per heavy atom. The van der Waals surface area contributed by atoms with Gasteiger partial charge < -0.3 is 4.43 Å². The van der Waals surface area contributed by atoms with E-state index < -0.39 is 8.32 Å². The van der Waals surface area contributed by atoms with E-state index in [1.165, 1.54) is 0 Å². The van der Waals surface area contributed by atoms with Crippen molar-refractivity contribution in [2.75, 3.05) is 6.61 Å². The minimum Gasteiger partial charge on any atom is -0.417 e. The summed E-state index contributed by atoms with van der Waals surface area (Å²) >= 11 is 0. The second-order valence-electron chi connectivity index (χ2n) is 6.67. The molecule has 1 aliphatic carbocycles. The molecule has 0 aromatic heterocycles. The summed E-state index contributed by atoms with van der Waals surface area (Å²) in [6.45, 7) is 11.7. The molecule has 5 heteroatoms. The third-order valence-corrected chi connectivity index (χ3v) is 8.67. The monoisotopic (exact) mass is 271 g/mol. The lowest BCUT2D eigenvalue weighted by atomic mass is 9.93. The summed E-state index contributed by atoms with van der Waals surface area (Å²) in [4.78, 5) is 10.5. The smallest absolute Gasteiger partial charge is 0.242 e. The second-order valence-corrected chi connectivity index (χ2v) is 11.5. The Labute approximate surface area is 111 Å². The topological polar surface area (TPSA) is 52.4 Å². The Kier molecular flexibility index (Phi) is 4.72. The quantitative estimate of drug-likeness (QED) is 0.441. The fourth-order valence-electron chi connectivity index (χ4n) is 1.80. The number of allylic oxidation sites excluding steroid dienone is 2. The van der Waals surface area contributed by atoms with Crippen molar-refractivity contribution in [2.24, 2.45) is 5.92 Å². The molecule has 0 aromatic rings. The summed E-state index contributed by atoms with van der Waals surface area (Å²) in [5.41, 5.74) is 0.366. The fourth-order valence-corrected chi connectivity index (χ4v) is 2.89. The Morgan fingerprint density at radius 2 is 2.11 bits per heavy atom. The molecule has 0 spiro atoms. The molecule has 1 atom stereocenters. The maximum Gasteiger partial charge on any atom is 0.242 e. The molecule has 0 unspecified atom stereocenters. The molecule has 0 saturated heterocycles. The molecular weight excluding hydrogens is 246 g/mol. The molecule has 0 N–H and O–H groups in total. The molecular formula is C13H25NO3Si. The van der Waals surface area contributed by atoms with Crippen LogP contribution in [0.25, 0.3) is 0 Å². The van der Waals surface area contributed by atoms with Crippen LogP contribution in [0.2, 0.25) is 18.1 Å². The van der Waals surface area contributed by atoms with Gasteiger partial charge in [-0.1, -0.05) is 20.8 Å². The Morgan fingerprint density at radius 1 is 1.50 bits per heavy atom. The van der Waals surface area contributed by atoms with E-state index in [-0.39, 0.29) is 9.96 Å². The summed E-state index contributed by atoms with van der Waals surface area (Å²) in [6, 6.07) is 0. The first-order valence-corrected chi connectivity index (χ1v) is 9.52. The lowest BCUT2D eigenvalue weighted by Crippen LogP contribution is -2.42. The highest BCUT2D eigenvalue weighted by Crippen LogP contribution is 2.37. The van der Waals surface area contributed by atoms with E-state index in [0.717, 1.165) is 12.8 Å². The van der Waals surface area contributed by atoms with Gasteiger partial charge in [0.15, 0.2) is 8.32 Å². The van der Waals surface area contributed by atoms with Crippen LogP contribution < -0.4 is 0 Å². The van der Waals surface area contributed by atoms with E-state index in [0.29, 0.717) is 24.6 Å². The number of rotatable bonds is 4. The first-order chi connectivity index (χ1) is 8.13. The highest BCUT2D eigenvalue weighted by atomic mass is 28.4. The van der Waals surface area contributed by atoms with Gasteiger partial charge >= 0.3 is 0 Å². The molecule has 0 aromatic carbocycles. The van der Waals surface area contributed by atoms with Crippen LogP contribution in [0.3, 0.4) is 0 Å². The van der Waals surface area contributed by atoms with E-state index >= 15 is 0 Å². The van der Waals surface area contributed by atoms with Crippen LogP contribution in [-0.2, 0) is 4.43 Å². The predicted octanol–water partition coefficient (Wildman–Crippen LogP) is 3.97. The lowest BCUT2D eigenvalue weighted by Gasteiger charge is -2.37. The zero-order chi connectivity index (χ0) is 14.0. The van der Waals surface area contributed by atoms with Crippen molar-refractivity contribution in [2.45, 2.75) is 58.2 Å². The molecule has 0 fully saturated rings. The molecule has 4 nitrogen and oxygen atoms in total. The van der Waals surface area contributed by atoms with Crippen molar-refractivity contribution in [3.8, 4) is 0 Å². The van der Waals surface area contributed by atoms with Gasteiger partial charge in [-0.25, -0.2) is 0 Å². The summed E-state index contributed by atoms with van der Waals surface area (Å²) in [5.74, 6) is 0.310. The van der Waals surface area contributed by atoms with Gasteiger partial charge in [0.2, 0.25) is 5.70 Å². The molecule has 1 rings (SSSR count). The third kappa shape index (κ3) is 3.92. The van der Waals surface area contributed by atoms with Gasteiger partial charge in [0.1, 0.15) is 0 Å². The van der Waals surface area contributed by atoms with Crippen molar-refractivity contribution in [3.05, 3.63) is 21.9 Å². The molecule has 0 aliphatic heterocycles. The maximum absolute atomic E-state index is 10.8. The van der Waals surface area contributed by atoms with Crippen LogP contribution >= 0.6 is 0 Å². The van der Waals surface area contributed by atoms with Gasteiger partial charge in [-0.05, 0) is 43.0 Å². The van der Waals surface area contributed by atoms with Gasteiger partial charge in [-0.15, -0.1) is 0 Å². The molecule has 0 bridgehead atoms. The van der Waals surface area contributed by atoms with Gasteiger partial charge in [-0.2, -0.15) is 0 Å². The first-order valence-electron chi connectivity index (χ1n) is 6.61. The van der Waals surface area contributed by atoms with Crippen LogP contribution in [0.5, 0.6) is 0 Å². The molecule has 18 heavy (non-hydrogen) atoms. The SMILES string of the molecule is CC(C)(C)[Si](C)(C)OC[C@@H]1CCC=C([N+](=O)[O-])C1. The first kappa shape index (κ1) is 15.4.